The number of nitrogens with one attached hydrogen (secondary N) is 1. The number of likely N-dealkylation sites (N-methyl/N-ethyl adjacent to an activating group) is 1. The number of methoxy groups -OCH3 is 4. The largest absolute Gasteiger partial charge is 0.497 e. The molecule has 0 saturated heterocycles. The molecule has 3 aromatic carbocycles. The number of carbonyl (C=O) groups is 2. The fourth-order valence-electron chi connectivity index (χ4n) is 4.25. The minimum Gasteiger partial charge on any atom is -0.497 e. The Morgan fingerprint density at radius 1 is 0.860 bits per heavy atom. The Morgan fingerprint density at radius 2 is 1.47 bits per heavy atom. The molecule has 232 valence electrons. The van der Waals surface area contributed by atoms with Crippen molar-refractivity contribution in [1.82, 2.24) is 10.2 Å². The van der Waals surface area contributed by atoms with Crippen LogP contribution >= 0.6 is 23.2 Å². The van der Waals surface area contributed by atoms with Gasteiger partial charge in [-0.05, 0) is 43.3 Å². The summed E-state index contributed by atoms with van der Waals surface area (Å²) in [5.41, 5.74) is 0.413. The highest BCUT2D eigenvalue weighted by Crippen LogP contribution is 2.38. The van der Waals surface area contributed by atoms with Crippen molar-refractivity contribution in [3.05, 3.63) is 70.2 Å². The maximum absolute atomic E-state index is 14.3. The molecule has 1 N–H and O–H groups in total. The number of hydrogen-bond acceptors (Lipinski definition) is 8. The van der Waals surface area contributed by atoms with E-state index in [1.807, 2.05) is 0 Å². The predicted octanol–water partition coefficient (Wildman–Crippen LogP) is 4.39. The van der Waals surface area contributed by atoms with Crippen LogP contribution in [0.3, 0.4) is 0 Å². The first-order valence-corrected chi connectivity index (χ1v) is 15.0. The normalized spacial score (nSPS) is 11.7. The van der Waals surface area contributed by atoms with Crippen LogP contribution in [0.4, 0.5) is 5.69 Å². The van der Waals surface area contributed by atoms with Gasteiger partial charge >= 0.3 is 0 Å². The summed E-state index contributed by atoms with van der Waals surface area (Å²) in [6.45, 7) is 0.607. The summed E-state index contributed by atoms with van der Waals surface area (Å²) in [5.74, 6) is -0.265. The van der Waals surface area contributed by atoms with Crippen LogP contribution in [0, 0.1) is 0 Å². The number of hydrogen-bond donors (Lipinski definition) is 1. The number of ether oxygens (including phenoxy) is 4. The zero-order valence-corrected chi connectivity index (χ0v) is 26.8. The van der Waals surface area contributed by atoms with Crippen LogP contribution < -0.4 is 28.6 Å². The van der Waals surface area contributed by atoms with Gasteiger partial charge in [0, 0.05) is 41.3 Å². The van der Waals surface area contributed by atoms with Gasteiger partial charge in [-0.25, -0.2) is 8.42 Å². The van der Waals surface area contributed by atoms with Gasteiger partial charge < -0.3 is 29.2 Å². The van der Waals surface area contributed by atoms with E-state index in [2.05, 4.69) is 5.32 Å². The van der Waals surface area contributed by atoms with E-state index in [0.29, 0.717) is 17.1 Å². The highest BCUT2D eigenvalue weighted by atomic mass is 35.5. The molecule has 0 bridgehead atoms. The predicted molar refractivity (Wildman–Crippen MR) is 164 cm³/mol. The second-order valence-electron chi connectivity index (χ2n) is 9.08. The summed E-state index contributed by atoms with van der Waals surface area (Å²) >= 11 is 12.8. The third-order valence-corrected chi connectivity index (χ3v) is 9.14. The Morgan fingerprint density at radius 3 is 2.02 bits per heavy atom. The molecule has 11 nitrogen and oxygen atoms in total. The first-order valence-electron chi connectivity index (χ1n) is 12.8. The summed E-state index contributed by atoms with van der Waals surface area (Å²) in [6.07, 6.45) is 0. The number of anilines is 1. The molecule has 0 saturated carbocycles. The quantitative estimate of drug-likeness (QED) is 0.288. The van der Waals surface area contributed by atoms with Gasteiger partial charge in [0.25, 0.3) is 10.0 Å². The van der Waals surface area contributed by atoms with Crippen LogP contribution in [-0.4, -0.2) is 73.2 Å². The molecule has 2 amide bonds. The van der Waals surface area contributed by atoms with E-state index in [9.17, 15) is 18.0 Å². The molecule has 3 rings (SSSR count). The minimum absolute atomic E-state index is 0.0216. The Labute approximate surface area is 261 Å². The standard InChI is InChI=1S/C29H33Cl2N3O8S/c1-18(29(36)32-2)33(16-21-22(30)8-7-9-23(21)31)28(35)17-34(24-14-19(39-3)10-12-25(24)40-4)43(37,38)20-11-13-26(41-5)27(15-20)42-6/h7-15,18H,16-17H2,1-6H3,(H,32,36). The minimum atomic E-state index is -4.48. The molecule has 0 radical (unpaired) electrons. The number of halogens is 2. The second-order valence-corrected chi connectivity index (χ2v) is 11.8. The maximum Gasteiger partial charge on any atom is 0.265 e. The van der Waals surface area contributed by atoms with Crippen LogP contribution in [0.1, 0.15) is 12.5 Å². The van der Waals surface area contributed by atoms with Gasteiger partial charge in [-0.2, -0.15) is 0 Å². The Bertz CT molecular complexity index is 1570. The van der Waals surface area contributed by atoms with Crippen molar-refractivity contribution in [2.75, 3.05) is 46.3 Å². The average molecular weight is 655 g/mol. The van der Waals surface area contributed by atoms with Crippen LogP contribution in [-0.2, 0) is 26.2 Å². The van der Waals surface area contributed by atoms with Crippen molar-refractivity contribution in [2.45, 2.75) is 24.4 Å². The molecule has 0 fully saturated rings. The lowest BCUT2D eigenvalue weighted by molar-refractivity contribution is -0.139. The van der Waals surface area contributed by atoms with Crippen molar-refractivity contribution in [1.29, 1.82) is 0 Å². The lowest BCUT2D eigenvalue weighted by Gasteiger charge is -2.32. The van der Waals surface area contributed by atoms with Gasteiger partial charge in [0.05, 0.1) is 39.0 Å². The van der Waals surface area contributed by atoms with E-state index in [4.69, 9.17) is 42.1 Å². The Hall–Kier alpha value is -3.87. The fraction of sp³-hybridized carbons (Fsp3) is 0.310. The third kappa shape index (κ3) is 7.38. The summed E-state index contributed by atoms with van der Waals surface area (Å²) < 4.78 is 50.9. The van der Waals surface area contributed by atoms with Gasteiger partial charge in [-0.3, -0.25) is 13.9 Å². The molecular weight excluding hydrogens is 621 g/mol. The Balaban J connectivity index is 2.20. The van der Waals surface area contributed by atoms with E-state index in [0.717, 1.165) is 4.31 Å². The molecule has 1 atom stereocenters. The van der Waals surface area contributed by atoms with Crippen molar-refractivity contribution >= 4 is 50.7 Å². The van der Waals surface area contributed by atoms with E-state index in [-0.39, 0.29) is 38.7 Å². The van der Waals surface area contributed by atoms with Crippen LogP contribution in [0.2, 0.25) is 10.0 Å². The van der Waals surface area contributed by atoms with Crippen molar-refractivity contribution in [3.63, 3.8) is 0 Å². The van der Waals surface area contributed by atoms with E-state index in [1.54, 1.807) is 24.3 Å². The number of sulfonamides is 1. The first-order chi connectivity index (χ1) is 20.4. The topological polar surface area (TPSA) is 124 Å². The third-order valence-electron chi connectivity index (χ3n) is 6.68. The monoisotopic (exact) mass is 653 g/mol. The van der Waals surface area contributed by atoms with Gasteiger partial charge in [0.2, 0.25) is 11.8 Å². The summed E-state index contributed by atoms with van der Waals surface area (Å²) in [4.78, 5) is 27.9. The number of benzene rings is 3. The second kappa shape index (κ2) is 14.5. The number of nitrogens with zero attached hydrogens (tertiary/aromatic N) is 2. The molecule has 43 heavy (non-hydrogen) atoms. The molecule has 0 aliphatic carbocycles. The highest BCUT2D eigenvalue weighted by Gasteiger charge is 2.35. The van der Waals surface area contributed by atoms with Crippen LogP contribution in [0.15, 0.2) is 59.5 Å². The molecule has 0 spiro atoms. The van der Waals surface area contributed by atoms with Gasteiger partial charge in [0.1, 0.15) is 24.1 Å². The maximum atomic E-state index is 14.3. The number of rotatable bonds is 13. The van der Waals surface area contributed by atoms with Crippen molar-refractivity contribution < 1.29 is 37.0 Å². The zero-order chi connectivity index (χ0) is 31.9. The molecule has 0 heterocycles. The molecule has 0 aromatic heterocycles. The lowest BCUT2D eigenvalue weighted by Crippen LogP contribution is -2.50. The van der Waals surface area contributed by atoms with Crippen molar-refractivity contribution in [2.24, 2.45) is 0 Å². The first kappa shape index (κ1) is 33.6. The van der Waals surface area contributed by atoms with Gasteiger partial charge in [-0.1, -0.05) is 29.3 Å². The number of amides is 2. The summed E-state index contributed by atoms with van der Waals surface area (Å²) in [7, 11) is 2.54. The molecule has 0 aliphatic heterocycles. The average Bonchev–Trinajstić information content (AvgIpc) is 3.01. The molecule has 14 heteroatoms. The zero-order valence-electron chi connectivity index (χ0n) is 24.5. The summed E-state index contributed by atoms with van der Waals surface area (Å²) in [6, 6.07) is 12.4. The van der Waals surface area contributed by atoms with E-state index >= 15 is 0 Å². The smallest absolute Gasteiger partial charge is 0.265 e. The number of carbonyl (C=O) groups excluding carboxylic acids is 2. The van der Waals surface area contributed by atoms with Crippen molar-refractivity contribution in [3.8, 4) is 23.0 Å². The van der Waals surface area contributed by atoms with Crippen LogP contribution in [0.25, 0.3) is 0 Å². The van der Waals surface area contributed by atoms with Crippen LogP contribution in [0.5, 0.6) is 23.0 Å². The van der Waals surface area contributed by atoms with E-state index in [1.165, 1.54) is 77.6 Å². The van der Waals surface area contributed by atoms with Gasteiger partial charge in [0.15, 0.2) is 11.5 Å². The SMILES string of the molecule is CNC(=O)C(C)N(Cc1c(Cl)cccc1Cl)C(=O)CN(c1cc(OC)ccc1OC)S(=O)(=O)c1ccc(OC)c(OC)c1. The fourth-order valence-corrected chi connectivity index (χ4v) is 6.20. The van der Waals surface area contributed by atoms with E-state index < -0.39 is 34.4 Å². The molecule has 0 aliphatic rings. The molecule has 3 aromatic rings. The van der Waals surface area contributed by atoms with Gasteiger partial charge in [-0.15, -0.1) is 0 Å². The Kier molecular flexibility index (Phi) is 11.4. The molecular formula is C29H33Cl2N3O8S. The summed E-state index contributed by atoms with van der Waals surface area (Å²) in [5, 5.41) is 3.07. The molecule has 1 unspecified atom stereocenters. The highest BCUT2D eigenvalue weighted by molar-refractivity contribution is 7.92. The lowest BCUT2D eigenvalue weighted by atomic mass is 10.1.